The van der Waals surface area contributed by atoms with Crippen LogP contribution >= 0.6 is 27.5 Å². The average molecular weight is 250 g/mol. The first-order valence-corrected chi connectivity index (χ1v) is 4.90. The van der Waals surface area contributed by atoms with Crippen molar-refractivity contribution in [2.45, 2.75) is 13.8 Å². The van der Waals surface area contributed by atoms with Crippen LogP contribution in [0.1, 0.15) is 12.5 Å². The van der Waals surface area contributed by atoms with E-state index in [2.05, 4.69) is 15.9 Å². The van der Waals surface area contributed by atoms with Crippen molar-refractivity contribution >= 4 is 27.5 Å². The van der Waals surface area contributed by atoms with Crippen LogP contribution in [0, 0.1) is 6.92 Å². The zero-order valence-corrected chi connectivity index (χ0v) is 9.37. The maximum absolute atomic E-state index is 5.93. The van der Waals surface area contributed by atoms with Gasteiger partial charge in [0.2, 0.25) is 0 Å². The van der Waals surface area contributed by atoms with E-state index in [4.69, 9.17) is 16.3 Å². The molecule has 0 unspecified atom stereocenters. The molecule has 1 aromatic carbocycles. The van der Waals surface area contributed by atoms with Crippen LogP contribution in [0.5, 0.6) is 5.75 Å². The minimum Gasteiger partial charge on any atom is -0.492 e. The summed E-state index contributed by atoms with van der Waals surface area (Å²) in [6.45, 7) is 4.58. The van der Waals surface area contributed by atoms with Gasteiger partial charge in [-0.25, -0.2) is 0 Å². The standard InChI is InChI=1S/C9H10BrClO/c1-3-12-9-4-6(2)7(10)5-8(9)11/h4-5H,3H2,1-2H3. The number of benzene rings is 1. The topological polar surface area (TPSA) is 9.23 Å². The number of hydrogen-bond acceptors (Lipinski definition) is 1. The fourth-order valence-corrected chi connectivity index (χ4v) is 1.59. The zero-order chi connectivity index (χ0) is 9.14. The van der Waals surface area contributed by atoms with E-state index in [0.29, 0.717) is 11.6 Å². The Morgan fingerprint density at radius 3 is 2.75 bits per heavy atom. The molecule has 0 saturated carbocycles. The van der Waals surface area contributed by atoms with Crippen molar-refractivity contribution in [3.8, 4) is 5.75 Å². The Morgan fingerprint density at radius 1 is 1.50 bits per heavy atom. The van der Waals surface area contributed by atoms with E-state index in [1.165, 1.54) is 0 Å². The van der Waals surface area contributed by atoms with E-state index in [1.807, 2.05) is 26.0 Å². The Bertz CT molecular complexity index is 286. The molecular formula is C9H10BrClO. The normalized spacial score (nSPS) is 10.0. The SMILES string of the molecule is CCOc1cc(C)c(Br)cc1Cl. The van der Waals surface area contributed by atoms with Crippen molar-refractivity contribution in [2.24, 2.45) is 0 Å². The summed E-state index contributed by atoms with van der Waals surface area (Å²) in [5, 5.41) is 0.648. The molecular weight excluding hydrogens is 239 g/mol. The van der Waals surface area contributed by atoms with Crippen molar-refractivity contribution in [1.29, 1.82) is 0 Å². The highest BCUT2D eigenvalue weighted by Gasteiger charge is 2.03. The Kier molecular flexibility index (Phi) is 3.41. The van der Waals surface area contributed by atoms with E-state index in [9.17, 15) is 0 Å². The molecule has 1 aromatic rings. The van der Waals surface area contributed by atoms with E-state index >= 15 is 0 Å². The quantitative estimate of drug-likeness (QED) is 0.774. The van der Waals surface area contributed by atoms with Gasteiger partial charge in [-0.3, -0.25) is 0 Å². The molecule has 66 valence electrons. The smallest absolute Gasteiger partial charge is 0.138 e. The molecule has 0 spiro atoms. The predicted octanol–water partition coefficient (Wildman–Crippen LogP) is 3.81. The summed E-state index contributed by atoms with van der Waals surface area (Å²) in [6, 6.07) is 3.78. The molecule has 0 aliphatic rings. The Hall–Kier alpha value is -0.210. The summed E-state index contributed by atoms with van der Waals surface area (Å²) in [7, 11) is 0. The lowest BCUT2D eigenvalue weighted by Gasteiger charge is -2.07. The maximum Gasteiger partial charge on any atom is 0.138 e. The second-order valence-corrected chi connectivity index (χ2v) is 3.73. The number of aryl methyl sites for hydroxylation is 1. The zero-order valence-electron chi connectivity index (χ0n) is 7.03. The van der Waals surface area contributed by atoms with Gasteiger partial charge in [0.15, 0.2) is 0 Å². The molecule has 0 fully saturated rings. The van der Waals surface area contributed by atoms with Gasteiger partial charge in [-0.05, 0) is 31.5 Å². The highest BCUT2D eigenvalue weighted by Crippen LogP contribution is 2.30. The summed E-state index contributed by atoms with van der Waals surface area (Å²) < 4.78 is 6.33. The Balaban J connectivity index is 3.05. The molecule has 1 nitrogen and oxygen atoms in total. The van der Waals surface area contributed by atoms with Crippen molar-refractivity contribution in [3.05, 3.63) is 27.2 Å². The fourth-order valence-electron chi connectivity index (χ4n) is 0.897. The van der Waals surface area contributed by atoms with Gasteiger partial charge in [0.25, 0.3) is 0 Å². The minimum absolute atomic E-state index is 0.640. The van der Waals surface area contributed by atoms with Gasteiger partial charge in [-0.2, -0.15) is 0 Å². The molecule has 3 heteroatoms. The Labute approximate surface area is 85.8 Å². The maximum atomic E-state index is 5.93. The number of halogens is 2. The summed E-state index contributed by atoms with van der Waals surface area (Å²) in [5.74, 6) is 0.750. The monoisotopic (exact) mass is 248 g/mol. The molecule has 0 aliphatic carbocycles. The van der Waals surface area contributed by atoms with E-state index in [0.717, 1.165) is 15.8 Å². The molecule has 0 aromatic heterocycles. The number of rotatable bonds is 2. The molecule has 12 heavy (non-hydrogen) atoms. The van der Waals surface area contributed by atoms with Crippen LogP contribution in [0.15, 0.2) is 16.6 Å². The highest BCUT2D eigenvalue weighted by atomic mass is 79.9. The summed E-state index contributed by atoms with van der Waals surface area (Å²) in [5.41, 5.74) is 1.13. The van der Waals surface area contributed by atoms with E-state index < -0.39 is 0 Å². The first kappa shape index (κ1) is 9.87. The molecule has 1 rings (SSSR count). The minimum atomic E-state index is 0.640. The third-order valence-electron chi connectivity index (χ3n) is 1.51. The fraction of sp³-hybridized carbons (Fsp3) is 0.333. The van der Waals surface area contributed by atoms with Gasteiger partial charge in [0, 0.05) is 4.47 Å². The second kappa shape index (κ2) is 4.15. The largest absolute Gasteiger partial charge is 0.492 e. The van der Waals surface area contributed by atoms with Gasteiger partial charge in [-0.1, -0.05) is 27.5 Å². The first-order valence-electron chi connectivity index (χ1n) is 3.73. The first-order chi connectivity index (χ1) is 5.65. The van der Waals surface area contributed by atoms with Crippen LogP contribution in [0.25, 0.3) is 0 Å². The van der Waals surface area contributed by atoms with Crippen molar-refractivity contribution in [3.63, 3.8) is 0 Å². The van der Waals surface area contributed by atoms with Crippen LogP contribution in [0.3, 0.4) is 0 Å². The third kappa shape index (κ3) is 2.14. The molecule has 0 bridgehead atoms. The number of ether oxygens (including phenoxy) is 1. The van der Waals surface area contributed by atoms with Crippen LogP contribution in [-0.4, -0.2) is 6.61 Å². The van der Waals surface area contributed by atoms with Crippen molar-refractivity contribution < 1.29 is 4.74 Å². The van der Waals surface area contributed by atoms with Crippen molar-refractivity contribution in [2.75, 3.05) is 6.61 Å². The van der Waals surface area contributed by atoms with E-state index in [-0.39, 0.29) is 0 Å². The third-order valence-corrected chi connectivity index (χ3v) is 2.66. The molecule has 0 heterocycles. The van der Waals surface area contributed by atoms with Crippen LogP contribution < -0.4 is 4.74 Å². The molecule has 0 atom stereocenters. The predicted molar refractivity (Wildman–Crippen MR) is 55.1 cm³/mol. The van der Waals surface area contributed by atoms with Gasteiger partial charge < -0.3 is 4.74 Å². The molecule has 0 saturated heterocycles. The molecule has 0 aliphatic heterocycles. The summed E-state index contributed by atoms with van der Waals surface area (Å²) in [4.78, 5) is 0. The van der Waals surface area contributed by atoms with Crippen molar-refractivity contribution in [1.82, 2.24) is 0 Å². The molecule has 0 N–H and O–H groups in total. The summed E-state index contributed by atoms with van der Waals surface area (Å²) in [6.07, 6.45) is 0. The van der Waals surface area contributed by atoms with Crippen LogP contribution in [0.4, 0.5) is 0 Å². The lowest BCUT2D eigenvalue weighted by atomic mass is 10.2. The van der Waals surface area contributed by atoms with Crippen LogP contribution in [0.2, 0.25) is 5.02 Å². The average Bonchev–Trinajstić information content (AvgIpc) is 2.01. The molecule has 0 amide bonds. The lowest BCUT2D eigenvalue weighted by Crippen LogP contribution is -1.92. The van der Waals surface area contributed by atoms with Gasteiger partial charge in [-0.15, -0.1) is 0 Å². The summed E-state index contributed by atoms with van der Waals surface area (Å²) >= 11 is 9.32. The van der Waals surface area contributed by atoms with Crippen LogP contribution in [-0.2, 0) is 0 Å². The van der Waals surface area contributed by atoms with Gasteiger partial charge in [0.05, 0.1) is 11.6 Å². The van der Waals surface area contributed by atoms with E-state index in [1.54, 1.807) is 0 Å². The number of hydrogen-bond donors (Lipinski definition) is 0. The lowest BCUT2D eigenvalue weighted by molar-refractivity contribution is 0.340. The van der Waals surface area contributed by atoms with Gasteiger partial charge >= 0.3 is 0 Å². The van der Waals surface area contributed by atoms with Gasteiger partial charge in [0.1, 0.15) is 5.75 Å². The molecule has 0 radical (unpaired) electrons. The second-order valence-electron chi connectivity index (χ2n) is 2.46. The Morgan fingerprint density at radius 2 is 2.17 bits per heavy atom. The highest BCUT2D eigenvalue weighted by molar-refractivity contribution is 9.10.